The number of rotatable bonds is 7. The van der Waals surface area contributed by atoms with E-state index >= 15 is 0 Å². The molecule has 0 heterocycles. The number of hydrogen-bond acceptors (Lipinski definition) is 2. The molecule has 0 saturated heterocycles. The summed E-state index contributed by atoms with van der Waals surface area (Å²) in [5.41, 5.74) is 1.96. The molecule has 112 valence electrons. The van der Waals surface area contributed by atoms with E-state index in [4.69, 9.17) is 32.7 Å². The van der Waals surface area contributed by atoms with Gasteiger partial charge in [0, 0.05) is 16.7 Å². The number of benzene rings is 2. The topological polar surface area (TPSA) is 18.5 Å². The van der Waals surface area contributed by atoms with Crippen molar-refractivity contribution in [2.24, 2.45) is 0 Å². The summed E-state index contributed by atoms with van der Waals surface area (Å²) >= 11 is 11.9. The summed E-state index contributed by atoms with van der Waals surface area (Å²) in [6.07, 6.45) is 0.968. The van der Waals surface area contributed by atoms with E-state index in [0.29, 0.717) is 24.1 Å². The van der Waals surface area contributed by atoms with Crippen molar-refractivity contribution in [2.75, 3.05) is 6.61 Å². The Morgan fingerprint density at radius 3 is 2.62 bits per heavy atom. The molecule has 0 amide bonds. The monoisotopic (exact) mass is 324 g/mol. The van der Waals surface area contributed by atoms with Crippen LogP contribution in [-0.2, 0) is 12.5 Å². The first-order valence-electron chi connectivity index (χ1n) is 6.92. The van der Waals surface area contributed by atoms with Crippen LogP contribution in [0.25, 0.3) is 0 Å². The van der Waals surface area contributed by atoms with Crippen molar-refractivity contribution in [3.05, 3.63) is 58.6 Å². The van der Waals surface area contributed by atoms with Crippen LogP contribution in [0.4, 0.5) is 0 Å². The minimum atomic E-state index is 0.402. The molecular formula is C17H18Cl2O2. The van der Waals surface area contributed by atoms with Crippen molar-refractivity contribution in [1.82, 2.24) is 0 Å². The number of ether oxygens (including phenoxy) is 2. The summed E-state index contributed by atoms with van der Waals surface area (Å²) < 4.78 is 11.5. The van der Waals surface area contributed by atoms with E-state index in [1.807, 2.05) is 42.5 Å². The van der Waals surface area contributed by atoms with Gasteiger partial charge in [0.2, 0.25) is 0 Å². The zero-order valence-electron chi connectivity index (χ0n) is 11.9. The molecule has 0 fully saturated rings. The van der Waals surface area contributed by atoms with E-state index in [2.05, 4.69) is 6.92 Å². The van der Waals surface area contributed by atoms with Crippen molar-refractivity contribution in [3.8, 4) is 11.5 Å². The fourth-order valence-electron chi connectivity index (χ4n) is 1.88. The normalized spacial score (nSPS) is 10.4. The molecule has 0 N–H and O–H groups in total. The van der Waals surface area contributed by atoms with Gasteiger partial charge in [0.25, 0.3) is 0 Å². The van der Waals surface area contributed by atoms with Gasteiger partial charge in [-0.05, 0) is 30.2 Å². The van der Waals surface area contributed by atoms with Gasteiger partial charge in [-0.2, -0.15) is 0 Å². The van der Waals surface area contributed by atoms with E-state index in [1.54, 1.807) is 0 Å². The standard InChI is InChI=1S/C17H18Cl2O2/c1-2-8-20-16-7-6-14(11-18)17(10-16)21-12-13-4-3-5-15(19)9-13/h3-7,9-10H,2,8,11-12H2,1H3. The van der Waals surface area contributed by atoms with Gasteiger partial charge >= 0.3 is 0 Å². The third kappa shape index (κ3) is 4.83. The summed E-state index contributed by atoms with van der Waals surface area (Å²) in [5, 5.41) is 0.702. The maximum atomic E-state index is 5.97. The van der Waals surface area contributed by atoms with E-state index in [-0.39, 0.29) is 0 Å². The molecule has 0 radical (unpaired) electrons. The van der Waals surface area contributed by atoms with Crippen LogP contribution >= 0.6 is 23.2 Å². The van der Waals surface area contributed by atoms with Crippen molar-refractivity contribution >= 4 is 23.2 Å². The Morgan fingerprint density at radius 1 is 1.05 bits per heavy atom. The summed E-state index contributed by atoms with van der Waals surface area (Å²) in [7, 11) is 0. The predicted octanol–water partition coefficient (Wildman–Crippen LogP) is 5.45. The van der Waals surface area contributed by atoms with E-state index in [1.165, 1.54) is 0 Å². The van der Waals surface area contributed by atoms with Gasteiger partial charge in [-0.25, -0.2) is 0 Å². The molecule has 0 atom stereocenters. The van der Waals surface area contributed by atoms with Crippen LogP contribution < -0.4 is 9.47 Å². The molecule has 2 nitrogen and oxygen atoms in total. The quantitative estimate of drug-likeness (QED) is 0.631. The van der Waals surface area contributed by atoms with Gasteiger partial charge in [0.15, 0.2) is 0 Å². The third-order valence-corrected chi connectivity index (χ3v) is 3.46. The Balaban J connectivity index is 2.09. The summed E-state index contributed by atoms with van der Waals surface area (Å²) in [5.74, 6) is 1.95. The van der Waals surface area contributed by atoms with Gasteiger partial charge < -0.3 is 9.47 Å². The van der Waals surface area contributed by atoms with Crippen LogP contribution in [0.15, 0.2) is 42.5 Å². The Bertz CT molecular complexity index is 585. The molecule has 0 unspecified atom stereocenters. The highest BCUT2D eigenvalue weighted by Crippen LogP contribution is 2.27. The second-order valence-corrected chi connectivity index (χ2v) is 5.37. The van der Waals surface area contributed by atoms with Gasteiger partial charge in [-0.15, -0.1) is 11.6 Å². The van der Waals surface area contributed by atoms with E-state index in [0.717, 1.165) is 29.0 Å². The Kier molecular flexibility index (Phi) is 6.21. The van der Waals surface area contributed by atoms with Crippen LogP contribution in [0.2, 0.25) is 5.02 Å². The van der Waals surface area contributed by atoms with Gasteiger partial charge in [0.05, 0.1) is 12.5 Å². The molecule has 21 heavy (non-hydrogen) atoms. The van der Waals surface area contributed by atoms with E-state index < -0.39 is 0 Å². The van der Waals surface area contributed by atoms with Gasteiger partial charge in [-0.1, -0.05) is 36.7 Å². The predicted molar refractivity (Wildman–Crippen MR) is 87.6 cm³/mol. The zero-order chi connectivity index (χ0) is 15.1. The minimum Gasteiger partial charge on any atom is -0.493 e. The Morgan fingerprint density at radius 2 is 1.90 bits per heavy atom. The van der Waals surface area contributed by atoms with Crippen LogP contribution in [0.5, 0.6) is 11.5 Å². The molecule has 2 aromatic carbocycles. The molecule has 0 bridgehead atoms. The zero-order valence-corrected chi connectivity index (χ0v) is 13.5. The average Bonchev–Trinajstić information content (AvgIpc) is 2.51. The highest BCUT2D eigenvalue weighted by Gasteiger charge is 2.06. The third-order valence-electron chi connectivity index (χ3n) is 2.94. The first-order valence-corrected chi connectivity index (χ1v) is 7.83. The van der Waals surface area contributed by atoms with Gasteiger partial charge in [0.1, 0.15) is 18.1 Å². The Hall–Kier alpha value is -1.38. The molecule has 4 heteroatoms. The van der Waals surface area contributed by atoms with Crippen molar-refractivity contribution in [2.45, 2.75) is 25.8 Å². The number of hydrogen-bond donors (Lipinski definition) is 0. The SMILES string of the molecule is CCCOc1ccc(CCl)c(OCc2cccc(Cl)c2)c1. The van der Waals surface area contributed by atoms with Crippen molar-refractivity contribution in [3.63, 3.8) is 0 Å². The molecule has 0 aliphatic rings. The molecule has 2 aromatic rings. The molecule has 0 aliphatic carbocycles. The van der Waals surface area contributed by atoms with Crippen LogP contribution in [0.3, 0.4) is 0 Å². The van der Waals surface area contributed by atoms with Crippen LogP contribution in [0, 0.1) is 0 Å². The van der Waals surface area contributed by atoms with Crippen LogP contribution in [0.1, 0.15) is 24.5 Å². The highest BCUT2D eigenvalue weighted by atomic mass is 35.5. The lowest BCUT2D eigenvalue weighted by molar-refractivity contribution is 0.293. The maximum absolute atomic E-state index is 5.97. The minimum absolute atomic E-state index is 0.402. The molecule has 0 spiro atoms. The maximum Gasteiger partial charge on any atom is 0.127 e. The summed E-state index contributed by atoms with van der Waals surface area (Å²) in [6.45, 7) is 3.21. The Labute approximate surface area is 135 Å². The van der Waals surface area contributed by atoms with Crippen molar-refractivity contribution < 1.29 is 9.47 Å². The molecule has 0 saturated carbocycles. The van der Waals surface area contributed by atoms with Crippen molar-refractivity contribution in [1.29, 1.82) is 0 Å². The summed E-state index contributed by atoms with van der Waals surface area (Å²) in [4.78, 5) is 0. The highest BCUT2D eigenvalue weighted by molar-refractivity contribution is 6.30. The second-order valence-electron chi connectivity index (χ2n) is 4.67. The van der Waals surface area contributed by atoms with E-state index in [9.17, 15) is 0 Å². The number of halogens is 2. The lowest BCUT2D eigenvalue weighted by atomic mass is 10.2. The van der Waals surface area contributed by atoms with Gasteiger partial charge in [-0.3, -0.25) is 0 Å². The fraction of sp³-hybridized carbons (Fsp3) is 0.294. The lowest BCUT2D eigenvalue weighted by Gasteiger charge is -2.13. The average molecular weight is 325 g/mol. The smallest absolute Gasteiger partial charge is 0.127 e. The summed E-state index contributed by atoms with van der Waals surface area (Å²) in [6, 6.07) is 13.4. The number of alkyl halides is 1. The molecular weight excluding hydrogens is 307 g/mol. The molecule has 2 rings (SSSR count). The lowest BCUT2D eigenvalue weighted by Crippen LogP contribution is -2.00. The largest absolute Gasteiger partial charge is 0.493 e. The van der Waals surface area contributed by atoms with Crippen LogP contribution in [-0.4, -0.2) is 6.61 Å². The first kappa shape index (κ1) is 16.0. The first-order chi connectivity index (χ1) is 10.2. The molecule has 0 aromatic heterocycles. The second kappa shape index (κ2) is 8.16. The molecule has 0 aliphatic heterocycles. The fourth-order valence-corrected chi connectivity index (χ4v) is 2.31.